The summed E-state index contributed by atoms with van der Waals surface area (Å²) in [5, 5.41) is 0. The molecule has 0 aliphatic carbocycles. The van der Waals surface area contributed by atoms with Gasteiger partial charge in [0.2, 0.25) is 0 Å². The molecule has 31 heavy (non-hydrogen) atoms. The number of aldehydes is 1. The maximum absolute atomic E-state index is 13.7. The number of unbranched alkanes of at least 4 members (excludes halogenated alkanes) is 2. The maximum atomic E-state index is 13.7. The lowest BCUT2D eigenvalue weighted by molar-refractivity contribution is -0.140. The van der Waals surface area contributed by atoms with Crippen molar-refractivity contribution in [3.63, 3.8) is 0 Å². The molecule has 2 aromatic rings. The van der Waals surface area contributed by atoms with Crippen LogP contribution in [0.3, 0.4) is 0 Å². The smallest absolute Gasteiger partial charge is 0.419 e. The molecule has 0 unspecified atom stereocenters. The van der Waals surface area contributed by atoms with Crippen LogP contribution in [0.1, 0.15) is 55.5 Å². The highest BCUT2D eigenvalue weighted by atomic mass is 32.2. The van der Waals surface area contributed by atoms with Gasteiger partial charge < -0.3 is 9.64 Å². The zero-order valence-corrected chi connectivity index (χ0v) is 18.7. The number of carbonyl (C=O) groups excluding carboxylic acids is 1. The van der Waals surface area contributed by atoms with E-state index < -0.39 is 17.6 Å². The van der Waals surface area contributed by atoms with E-state index in [1.807, 2.05) is 0 Å². The summed E-state index contributed by atoms with van der Waals surface area (Å²) < 4.78 is 59.1. The third-order valence-electron chi connectivity index (χ3n) is 4.78. The van der Waals surface area contributed by atoms with Crippen molar-refractivity contribution in [3.05, 3.63) is 47.3 Å². The third-order valence-corrected chi connectivity index (χ3v) is 5.52. The first-order valence-electron chi connectivity index (χ1n) is 10.2. The predicted octanol–water partition coefficient (Wildman–Crippen LogP) is 7.58. The quantitative estimate of drug-likeness (QED) is 0.198. The van der Waals surface area contributed by atoms with Gasteiger partial charge in [-0.05, 0) is 49.4 Å². The van der Waals surface area contributed by atoms with Crippen molar-refractivity contribution < 1.29 is 27.1 Å². The number of benzene rings is 2. The van der Waals surface area contributed by atoms with Crippen LogP contribution < -0.4 is 9.64 Å². The Labute approximate surface area is 184 Å². The lowest BCUT2D eigenvalue weighted by Gasteiger charge is -2.28. The van der Waals surface area contributed by atoms with Crippen molar-refractivity contribution in [2.45, 2.75) is 50.6 Å². The molecule has 2 rings (SSSR count). The number of rotatable bonds is 11. The molecule has 170 valence electrons. The van der Waals surface area contributed by atoms with Crippen molar-refractivity contribution in [2.75, 3.05) is 24.2 Å². The number of ether oxygens (including phenoxy) is 1. The maximum Gasteiger partial charge on any atom is 0.419 e. The number of alkyl halides is 3. The van der Waals surface area contributed by atoms with Gasteiger partial charge in [-0.2, -0.15) is 13.2 Å². The highest BCUT2D eigenvalue weighted by Gasteiger charge is 2.34. The summed E-state index contributed by atoms with van der Waals surface area (Å²) in [5.41, 5.74) is -0.274. The van der Waals surface area contributed by atoms with Crippen molar-refractivity contribution >= 4 is 23.7 Å². The fourth-order valence-electron chi connectivity index (χ4n) is 3.12. The van der Waals surface area contributed by atoms with Crippen LogP contribution in [0.25, 0.3) is 0 Å². The van der Waals surface area contributed by atoms with E-state index in [1.54, 1.807) is 18.4 Å². The number of carbonyl (C=O) groups is 1. The molecule has 3 nitrogen and oxygen atoms in total. The standard InChI is InChI=1S/C23H27F4NO2S/c1-4-6-10-28(11-7-5-2)20-12-16(15-29)13-21(31-3)22(20)30-17-8-9-19(24)18(14-17)23(25,26)27/h8-9,12-15H,4-7,10-11H2,1-3H3. The Kier molecular flexibility index (Phi) is 9.22. The molecule has 8 heteroatoms. The lowest BCUT2D eigenvalue weighted by Crippen LogP contribution is -2.26. The molecule has 0 fully saturated rings. The van der Waals surface area contributed by atoms with Gasteiger partial charge >= 0.3 is 6.18 Å². The third kappa shape index (κ3) is 6.63. The molecule has 0 amide bonds. The van der Waals surface area contributed by atoms with E-state index in [1.165, 1.54) is 17.8 Å². The average molecular weight is 458 g/mol. The molecule has 0 saturated carbocycles. The summed E-state index contributed by atoms with van der Waals surface area (Å²) >= 11 is 1.33. The van der Waals surface area contributed by atoms with Gasteiger partial charge in [-0.25, -0.2) is 4.39 Å². The Morgan fingerprint density at radius 2 is 1.71 bits per heavy atom. The summed E-state index contributed by atoms with van der Waals surface area (Å²) in [4.78, 5) is 14.2. The minimum Gasteiger partial charge on any atom is -0.454 e. The highest BCUT2D eigenvalue weighted by Crippen LogP contribution is 2.43. The van der Waals surface area contributed by atoms with Gasteiger partial charge in [0.25, 0.3) is 0 Å². The molecule has 0 heterocycles. The first kappa shape index (κ1) is 25.0. The Morgan fingerprint density at radius 3 is 2.23 bits per heavy atom. The Morgan fingerprint density at radius 1 is 1.06 bits per heavy atom. The first-order valence-corrected chi connectivity index (χ1v) is 11.4. The van der Waals surface area contributed by atoms with Gasteiger partial charge in [-0.1, -0.05) is 26.7 Å². The predicted molar refractivity (Wildman–Crippen MR) is 117 cm³/mol. The van der Waals surface area contributed by atoms with Crippen LogP contribution in [0.4, 0.5) is 23.2 Å². The average Bonchev–Trinajstić information content (AvgIpc) is 2.74. The second kappa shape index (κ2) is 11.4. The van der Waals surface area contributed by atoms with Crippen LogP contribution in [-0.4, -0.2) is 25.6 Å². The molecule has 0 aliphatic rings. The number of hydrogen-bond acceptors (Lipinski definition) is 4. The number of hydrogen-bond donors (Lipinski definition) is 0. The Bertz CT molecular complexity index is 879. The summed E-state index contributed by atoms with van der Waals surface area (Å²) in [6, 6.07) is 5.93. The largest absolute Gasteiger partial charge is 0.454 e. The molecule has 2 aromatic carbocycles. The minimum atomic E-state index is -4.83. The molecule has 0 aliphatic heterocycles. The second-order valence-electron chi connectivity index (χ2n) is 7.12. The van der Waals surface area contributed by atoms with Crippen molar-refractivity contribution in [2.24, 2.45) is 0 Å². The monoisotopic (exact) mass is 457 g/mol. The van der Waals surface area contributed by atoms with Crippen molar-refractivity contribution in [1.82, 2.24) is 0 Å². The van der Waals surface area contributed by atoms with E-state index in [-0.39, 0.29) is 5.75 Å². The van der Waals surface area contributed by atoms with Gasteiger partial charge in [0.15, 0.2) is 5.75 Å². The fourth-order valence-corrected chi connectivity index (χ4v) is 3.70. The molecule has 0 bridgehead atoms. The normalized spacial score (nSPS) is 11.5. The second-order valence-corrected chi connectivity index (χ2v) is 7.97. The van der Waals surface area contributed by atoms with E-state index >= 15 is 0 Å². The molecule has 0 radical (unpaired) electrons. The molecule has 0 saturated heterocycles. The van der Waals surface area contributed by atoms with E-state index in [9.17, 15) is 22.4 Å². The number of thioether (sulfide) groups is 1. The number of anilines is 1. The Balaban J connectivity index is 2.58. The lowest BCUT2D eigenvalue weighted by atomic mass is 10.1. The van der Waals surface area contributed by atoms with Gasteiger partial charge in [-0.15, -0.1) is 11.8 Å². The molecular weight excluding hydrogens is 430 g/mol. The highest BCUT2D eigenvalue weighted by molar-refractivity contribution is 7.98. The fraction of sp³-hybridized carbons (Fsp3) is 0.435. The zero-order valence-electron chi connectivity index (χ0n) is 17.9. The van der Waals surface area contributed by atoms with Gasteiger partial charge in [-0.3, -0.25) is 4.79 Å². The molecule has 0 atom stereocenters. The van der Waals surface area contributed by atoms with Crippen molar-refractivity contribution in [3.8, 4) is 11.5 Å². The SMILES string of the molecule is CCCCN(CCCC)c1cc(C=O)cc(SC)c1Oc1ccc(F)c(C(F)(F)F)c1. The number of nitrogens with zero attached hydrogens (tertiary/aromatic N) is 1. The van der Waals surface area contributed by atoms with Crippen LogP contribution >= 0.6 is 11.8 Å². The summed E-state index contributed by atoms with van der Waals surface area (Å²) in [5.74, 6) is -1.10. The van der Waals surface area contributed by atoms with Crippen molar-refractivity contribution in [1.29, 1.82) is 0 Å². The van der Waals surface area contributed by atoms with E-state index in [0.717, 1.165) is 51.1 Å². The molecule has 0 spiro atoms. The molecule has 0 N–H and O–H groups in total. The van der Waals surface area contributed by atoms with Gasteiger partial charge in [0.05, 0.1) is 16.1 Å². The van der Waals surface area contributed by atoms with Gasteiger partial charge in [0.1, 0.15) is 17.9 Å². The first-order chi connectivity index (χ1) is 14.7. The topological polar surface area (TPSA) is 29.5 Å². The Hall–Kier alpha value is -2.22. The van der Waals surface area contributed by atoms with Crippen LogP contribution in [0.15, 0.2) is 35.2 Å². The molecular formula is C23H27F4NO2S. The summed E-state index contributed by atoms with van der Waals surface area (Å²) in [6.45, 7) is 5.59. The zero-order chi connectivity index (χ0) is 23.0. The van der Waals surface area contributed by atoms with E-state index in [4.69, 9.17) is 4.74 Å². The minimum absolute atomic E-state index is 0.116. The number of halogens is 4. The van der Waals surface area contributed by atoms with Crippen LogP contribution in [0.5, 0.6) is 11.5 Å². The van der Waals surface area contributed by atoms with Crippen LogP contribution in [-0.2, 0) is 6.18 Å². The van der Waals surface area contributed by atoms with Crippen LogP contribution in [0.2, 0.25) is 0 Å². The summed E-state index contributed by atoms with van der Waals surface area (Å²) in [7, 11) is 0. The van der Waals surface area contributed by atoms with Gasteiger partial charge in [0, 0.05) is 18.7 Å². The van der Waals surface area contributed by atoms with E-state index in [2.05, 4.69) is 18.7 Å². The van der Waals surface area contributed by atoms with Crippen LogP contribution in [0, 0.1) is 5.82 Å². The molecule has 0 aromatic heterocycles. The summed E-state index contributed by atoms with van der Waals surface area (Å²) in [6.07, 6.45) is 1.47. The van der Waals surface area contributed by atoms with E-state index in [0.29, 0.717) is 28.0 Å².